The fourth-order valence-corrected chi connectivity index (χ4v) is 3.31. The Kier molecular flexibility index (Phi) is 5.55. The lowest BCUT2D eigenvalue weighted by Gasteiger charge is -2.35. The second-order valence-corrected chi connectivity index (χ2v) is 6.61. The van der Waals surface area contributed by atoms with Crippen LogP contribution in [0.15, 0.2) is 30.5 Å². The molecule has 1 saturated heterocycles. The van der Waals surface area contributed by atoms with Crippen LogP contribution in [-0.4, -0.2) is 68.1 Å². The number of rotatable bonds is 7. The lowest BCUT2D eigenvalue weighted by atomic mass is 10.1. The van der Waals surface area contributed by atoms with Gasteiger partial charge in [0.25, 0.3) is 0 Å². The van der Waals surface area contributed by atoms with Crippen LogP contribution < -0.4 is 19.7 Å². The molecule has 8 nitrogen and oxygen atoms in total. The van der Waals surface area contributed by atoms with Gasteiger partial charge in [0, 0.05) is 52.6 Å². The Morgan fingerprint density at radius 3 is 2.81 bits per heavy atom. The van der Waals surface area contributed by atoms with E-state index in [1.54, 1.807) is 13.3 Å². The number of aromatic nitrogens is 2. The number of anilines is 2. The number of benzene rings is 1. The summed E-state index contributed by atoms with van der Waals surface area (Å²) in [6.07, 6.45) is 1.80. The number of fused-ring (bicyclic) bond motifs is 1. The van der Waals surface area contributed by atoms with Gasteiger partial charge in [-0.25, -0.2) is 4.98 Å². The van der Waals surface area contributed by atoms with Gasteiger partial charge >= 0.3 is 0 Å². The highest BCUT2D eigenvalue weighted by Crippen LogP contribution is 2.32. The van der Waals surface area contributed by atoms with E-state index in [1.165, 1.54) is 5.56 Å². The smallest absolute Gasteiger partial charge is 0.231 e. The summed E-state index contributed by atoms with van der Waals surface area (Å²) < 4.78 is 15.9. The number of ether oxygens (including phenoxy) is 3. The summed E-state index contributed by atoms with van der Waals surface area (Å²) in [7, 11) is 1.68. The monoisotopic (exact) mass is 371 g/mol. The molecule has 1 N–H and O–H groups in total. The predicted molar refractivity (Wildman–Crippen MR) is 102 cm³/mol. The van der Waals surface area contributed by atoms with E-state index >= 15 is 0 Å². The van der Waals surface area contributed by atoms with Gasteiger partial charge in [-0.15, -0.1) is 0 Å². The van der Waals surface area contributed by atoms with Gasteiger partial charge in [0.2, 0.25) is 12.7 Å². The molecule has 1 fully saturated rings. The summed E-state index contributed by atoms with van der Waals surface area (Å²) in [4.78, 5) is 13.6. The van der Waals surface area contributed by atoms with Gasteiger partial charge in [-0.1, -0.05) is 6.07 Å². The van der Waals surface area contributed by atoms with Crippen molar-refractivity contribution < 1.29 is 14.2 Å². The zero-order valence-corrected chi connectivity index (χ0v) is 15.6. The zero-order valence-electron chi connectivity index (χ0n) is 15.6. The number of hydrogen-bond donors (Lipinski definition) is 1. The van der Waals surface area contributed by atoms with E-state index < -0.39 is 0 Å². The predicted octanol–water partition coefficient (Wildman–Crippen LogP) is 1.59. The molecule has 2 aromatic rings. The second-order valence-electron chi connectivity index (χ2n) is 6.61. The highest BCUT2D eigenvalue weighted by molar-refractivity contribution is 5.45. The third-order valence-electron chi connectivity index (χ3n) is 4.77. The Morgan fingerprint density at radius 1 is 1.11 bits per heavy atom. The molecule has 0 amide bonds. The molecule has 0 bridgehead atoms. The Labute approximate surface area is 159 Å². The largest absolute Gasteiger partial charge is 0.454 e. The molecule has 144 valence electrons. The fraction of sp³-hybridized carbons (Fsp3) is 0.474. The van der Waals surface area contributed by atoms with Crippen molar-refractivity contribution in [2.45, 2.75) is 6.54 Å². The van der Waals surface area contributed by atoms with Crippen molar-refractivity contribution in [2.75, 3.05) is 63.5 Å². The lowest BCUT2D eigenvalue weighted by molar-refractivity contribution is 0.174. The van der Waals surface area contributed by atoms with Gasteiger partial charge in [0.05, 0.1) is 6.61 Å². The molecule has 1 aromatic heterocycles. The number of hydrogen-bond acceptors (Lipinski definition) is 8. The maximum atomic E-state index is 5.47. The molecule has 0 unspecified atom stereocenters. The minimum Gasteiger partial charge on any atom is -0.454 e. The maximum Gasteiger partial charge on any atom is 0.231 e. The van der Waals surface area contributed by atoms with Crippen LogP contribution in [0.2, 0.25) is 0 Å². The average molecular weight is 371 g/mol. The van der Waals surface area contributed by atoms with Gasteiger partial charge < -0.3 is 24.4 Å². The zero-order chi connectivity index (χ0) is 18.5. The summed E-state index contributed by atoms with van der Waals surface area (Å²) in [6.45, 7) is 6.43. The van der Waals surface area contributed by atoms with Gasteiger partial charge in [-0.2, -0.15) is 4.98 Å². The number of nitrogens with zero attached hydrogens (tertiary/aromatic N) is 4. The lowest BCUT2D eigenvalue weighted by Crippen LogP contribution is -2.46. The molecule has 0 aliphatic carbocycles. The first-order valence-corrected chi connectivity index (χ1v) is 9.23. The highest BCUT2D eigenvalue weighted by Gasteiger charge is 2.20. The Bertz CT molecular complexity index is 765. The number of methoxy groups -OCH3 is 1. The van der Waals surface area contributed by atoms with Crippen LogP contribution >= 0.6 is 0 Å². The minimum atomic E-state index is 0.318. The van der Waals surface area contributed by atoms with E-state index in [-0.39, 0.29) is 0 Å². The molecule has 2 aliphatic rings. The third-order valence-corrected chi connectivity index (χ3v) is 4.77. The summed E-state index contributed by atoms with van der Waals surface area (Å²) in [5, 5.41) is 3.18. The Hall–Kier alpha value is -2.58. The van der Waals surface area contributed by atoms with Crippen LogP contribution in [0, 0.1) is 0 Å². The normalized spacial score (nSPS) is 16.6. The van der Waals surface area contributed by atoms with Crippen LogP contribution in [0.5, 0.6) is 11.5 Å². The summed E-state index contributed by atoms with van der Waals surface area (Å²) >= 11 is 0. The van der Waals surface area contributed by atoms with E-state index in [1.807, 2.05) is 12.1 Å². The van der Waals surface area contributed by atoms with Crippen molar-refractivity contribution in [1.29, 1.82) is 0 Å². The SMILES string of the molecule is COCCNc1nccc(N2CCN(Cc3ccc4c(c3)OCO4)CC2)n1. The summed E-state index contributed by atoms with van der Waals surface area (Å²) in [5.41, 5.74) is 1.25. The van der Waals surface area contributed by atoms with Crippen LogP contribution in [-0.2, 0) is 11.3 Å². The molecule has 4 rings (SSSR count). The maximum absolute atomic E-state index is 5.47. The van der Waals surface area contributed by atoms with E-state index in [2.05, 4.69) is 37.2 Å². The van der Waals surface area contributed by atoms with Gasteiger partial charge in [0.15, 0.2) is 11.5 Å². The fourth-order valence-electron chi connectivity index (χ4n) is 3.31. The molecule has 0 saturated carbocycles. The molecule has 27 heavy (non-hydrogen) atoms. The topological polar surface area (TPSA) is 72.0 Å². The third kappa shape index (κ3) is 4.40. The molecule has 2 aliphatic heterocycles. The Balaban J connectivity index is 1.30. The quantitative estimate of drug-likeness (QED) is 0.736. The standard InChI is InChI=1S/C19H25N5O3/c1-25-11-6-21-19-20-5-4-18(22-19)24-9-7-23(8-10-24)13-15-2-3-16-17(12-15)27-14-26-16/h2-5,12H,6-11,13-14H2,1H3,(H,20,21,22). The first-order valence-electron chi connectivity index (χ1n) is 9.23. The molecular formula is C19H25N5O3. The van der Waals surface area contributed by atoms with E-state index in [0.717, 1.165) is 50.0 Å². The molecule has 8 heteroatoms. The summed E-state index contributed by atoms with van der Waals surface area (Å²) in [6, 6.07) is 8.15. The first-order chi connectivity index (χ1) is 13.3. The molecule has 0 spiro atoms. The van der Waals surface area contributed by atoms with Crippen LogP contribution in [0.3, 0.4) is 0 Å². The van der Waals surface area contributed by atoms with Crippen LogP contribution in [0.1, 0.15) is 5.56 Å². The van der Waals surface area contributed by atoms with Gasteiger partial charge in [-0.05, 0) is 23.8 Å². The van der Waals surface area contributed by atoms with E-state index in [9.17, 15) is 0 Å². The van der Waals surface area contributed by atoms with E-state index in [0.29, 0.717) is 25.9 Å². The van der Waals surface area contributed by atoms with Crippen molar-refractivity contribution in [2.24, 2.45) is 0 Å². The van der Waals surface area contributed by atoms with Crippen molar-refractivity contribution in [3.05, 3.63) is 36.0 Å². The summed E-state index contributed by atoms with van der Waals surface area (Å²) in [5.74, 6) is 3.29. The molecule has 3 heterocycles. The first kappa shape index (κ1) is 17.8. The van der Waals surface area contributed by atoms with Gasteiger partial charge in [0.1, 0.15) is 5.82 Å². The second kappa shape index (κ2) is 8.41. The molecule has 1 aromatic carbocycles. The van der Waals surface area contributed by atoms with Crippen molar-refractivity contribution in [3.8, 4) is 11.5 Å². The molecular weight excluding hydrogens is 346 g/mol. The molecule has 0 radical (unpaired) electrons. The van der Waals surface area contributed by atoms with E-state index in [4.69, 9.17) is 14.2 Å². The number of piperazine rings is 1. The van der Waals surface area contributed by atoms with Crippen LogP contribution in [0.4, 0.5) is 11.8 Å². The minimum absolute atomic E-state index is 0.318. The van der Waals surface area contributed by atoms with Crippen molar-refractivity contribution >= 4 is 11.8 Å². The highest BCUT2D eigenvalue weighted by atomic mass is 16.7. The van der Waals surface area contributed by atoms with Crippen molar-refractivity contribution in [1.82, 2.24) is 14.9 Å². The van der Waals surface area contributed by atoms with Gasteiger partial charge in [-0.3, -0.25) is 4.90 Å². The van der Waals surface area contributed by atoms with Crippen molar-refractivity contribution in [3.63, 3.8) is 0 Å². The number of nitrogens with one attached hydrogen (secondary N) is 1. The average Bonchev–Trinajstić information content (AvgIpc) is 3.17. The molecule has 0 atom stereocenters. The Morgan fingerprint density at radius 2 is 1.96 bits per heavy atom. The van der Waals surface area contributed by atoms with Crippen LogP contribution in [0.25, 0.3) is 0 Å².